The van der Waals surface area contributed by atoms with Crippen molar-refractivity contribution in [3.8, 4) is 0 Å². The van der Waals surface area contributed by atoms with Gasteiger partial charge in [-0.1, -0.05) is 23.7 Å². The number of nitrogens with two attached hydrogens (primary N) is 1. The maximum atomic E-state index is 12.5. The number of nitrogen functional groups attached to an aromatic ring is 1. The minimum absolute atomic E-state index is 0.0610. The van der Waals surface area contributed by atoms with Gasteiger partial charge in [0.2, 0.25) is 0 Å². The van der Waals surface area contributed by atoms with Crippen LogP contribution in [0.25, 0.3) is 0 Å². The van der Waals surface area contributed by atoms with E-state index in [-0.39, 0.29) is 5.91 Å². The van der Waals surface area contributed by atoms with Gasteiger partial charge in [0.15, 0.2) is 0 Å². The lowest BCUT2D eigenvalue weighted by atomic mass is 10.1. The van der Waals surface area contributed by atoms with Crippen LogP contribution in [-0.2, 0) is 6.42 Å². The Morgan fingerprint density at radius 2 is 2.00 bits per heavy atom. The second kappa shape index (κ2) is 4.59. The van der Waals surface area contributed by atoms with Crippen LogP contribution in [0.2, 0.25) is 5.02 Å². The number of halogens is 1. The number of rotatable bonds is 1. The molecule has 0 aromatic heterocycles. The van der Waals surface area contributed by atoms with Crippen LogP contribution in [0.4, 0.5) is 11.4 Å². The van der Waals surface area contributed by atoms with Gasteiger partial charge in [0.05, 0.1) is 10.6 Å². The van der Waals surface area contributed by atoms with Gasteiger partial charge in [0, 0.05) is 17.9 Å². The van der Waals surface area contributed by atoms with E-state index in [9.17, 15) is 4.79 Å². The summed E-state index contributed by atoms with van der Waals surface area (Å²) in [5, 5.41) is 0.483. The molecule has 0 atom stereocenters. The molecule has 1 heterocycles. The van der Waals surface area contributed by atoms with Crippen LogP contribution >= 0.6 is 11.6 Å². The second-order valence-corrected chi connectivity index (χ2v) is 4.98. The van der Waals surface area contributed by atoms with Crippen molar-refractivity contribution in [3.05, 3.63) is 58.6 Å². The van der Waals surface area contributed by atoms with Gasteiger partial charge in [0.1, 0.15) is 0 Å². The highest BCUT2D eigenvalue weighted by Gasteiger charge is 2.26. The van der Waals surface area contributed by atoms with Gasteiger partial charge < -0.3 is 10.6 Å². The van der Waals surface area contributed by atoms with Crippen molar-refractivity contribution in [3.63, 3.8) is 0 Å². The summed E-state index contributed by atoms with van der Waals surface area (Å²) >= 11 is 6.08. The summed E-state index contributed by atoms with van der Waals surface area (Å²) in [7, 11) is 0. The fourth-order valence-corrected chi connectivity index (χ4v) is 2.63. The normalized spacial score (nSPS) is 13.4. The summed E-state index contributed by atoms with van der Waals surface area (Å²) in [6.07, 6.45) is 0.830. The molecule has 2 aromatic carbocycles. The van der Waals surface area contributed by atoms with Crippen molar-refractivity contribution in [2.24, 2.45) is 0 Å². The molecule has 96 valence electrons. The third kappa shape index (κ3) is 2.06. The smallest absolute Gasteiger partial charge is 0.259 e. The summed E-state index contributed by atoms with van der Waals surface area (Å²) in [6, 6.07) is 12.8. The quantitative estimate of drug-likeness (QED) is 0.811. The van der Waals surface area contributed by atoms with Crippen molar-refractivity contribution in [1.29, 1.82) is 0 Å². The van der Waals surface area contributed by atoms with Crippen molar-refractivity contribution < 1.29 is 4.79 Å². The Morgan fingerprint density at radius 3 is 2.79 bits per heavy atom. The molecule has 0 bridgehead atoms. The first kappa shape index (κ1) is 12.1. The summed E-state index contributed by atoms with van der Waals surface area (Å²) in [6.45, 7) is 0.669. The van der Waals surface area contributed by atoms with E-state index in [1.165, 1.54) is 0 Å². The summed E-state index contributed by atoms with van der Waals surface area (Å²) in [5.74, 6) is -0.0610. The SMILES string of the molecule is Nc1ccc2c(c1)CCN2C(=O)c1ccccc1Cl. The number of hydrogen-bond acceptors (Lipinski definition) is 2. The summed E-state index contributed by atoms with van der Waals surface area (Å²) in [4.78, 5) is 14.3. The van der Waals surface area contributed by atoms with Crippen molar-refractivity contribution in [2.75, 3.05) is 17.2 Å². The second-order valence-electron chi connectivity index (χ2n) is 4.57. The number of amides is 1. The number of benzene rings is 2. The first-order valence-electron chi connectivity index (χ1n) is 6.11. The third-order valence-electron chi connectivity index (χ3n) is 3.35. The number of carbonyl (C=O) groups excluding carboxylic acids is 1. The highest BCUT2D eigenvalue weighted by atomic mass is 35.5. The fraction of sp³-hybridized carbons (Fsp3) is 0.133. The van der Waals surface area contributed by atoms with Gasteiger partial charge in [-0.15, -0.1) is 0 Å². The van der Waals surface area contributed by atoms with Crippen LogP contribution in [0.3, 0.4) is 0 Å². The van der Waals surface area contributed by atoms with Gasteiger partial charge in [0.25, 0.3) is 5.91 Å². The molecule has 0 aliphatic carbocycles. The Bertz CT molecular complexity index is 654. The Morgan fingerprint density at radius 1 is 1.21 bits per heavy atom. The van der Waals surface area contributed by atoms with Crippen LogP contribution in [0.15, 0.2) is 42.5 Å². The van der Waals surface area contributed by atoms with Crippen LogP contribution in [0.5, 0.6) is 0 Å². The molecule has 1 aliphatic heterocycles. The highest BCUT2D eigenvalue weighted by molar-refractivity contribution is 6.34. The molecule has 1 amide bonds. The first-order chi connectivity index (χ1) is 9.16. The summed E-state index contributed by atoms with van der Waals surface area (Å²) < 4.78 is 0. The maximum absolute atomic E-state index is 12.5. The van der Waals surface area contributed by atoms with Crippen LogP contribution in [-0.4, -0.2) is 12.5 Å². The molecular formula is C15H13ClN2O. The molecule has 4 heteroatoms. The molecular weight excluding hydrogens is 260 g/mol. The van der Waals surface area contributed by atoms with E-state index in [2.05, 4.69) is 0 Å². The van der Waals surface area contributed by atoms with E-state index in [1.807, 2.05) is 30.3 Å². The average molecular weight is 273 g/mol. The Labute approximate surface area is 116 Å². The molecule has 2 N–H and O–H groups in total. The number of carbonyl (C=O) groups is 1. The fourth-order valence-electron chi connectivity index (χ4n) is 2.41. The zero-order valence-electron chi connectivity index (χ0n) is 10.3. The van der Waals surface area contributed by atoms with Crippen LogP contribution in [0.1, 0.15) is 15.9 Å². The molecule has 0 saturated carbocycles. The largest absolute Gasteiger partial charge is 0.399 e. The highest BCUT2D eigenvalue weighted by Crippen LogP contribution is 2.31. The van der Waals surface area contributed by atoms with E-state index in [4.69, 9.17) is 17.3 Å². The maximum Gasteiger partial charge on any atom is 0.259 e. The third-order valence-corrected chi connectivity index (χ3v) is 3.68. The molecule has 0 radical (unpaired) electrons. The zero-order valence-corrected chi connectivity index (χ0v) is 11.0. The lowest BCUT2D eigenvalue weighted by molar-refractivity contribution is 0.0989. The number of hydrogen-bond donors (Lipinski definition) is 1. The van der Waals surface area contributed by atoms with E-state index in [0.29, 0.717) is 17.1 Å². The number of fused-ring (bicyclic) bond motifs is 1. The molecule has 3 nitrogen and oxygen atoms in total. The van der Waals surface area contributed by atoms with Crippen LogP contribution in [0, 0.1) is 0 Å². The molecule has 0 fully saturated rings. The molecule has 2 aromatic rings. The van der Waals surface area contributed by atoms with Crippen molar-refractivity contribution in [2.45, 2.75) is 6.42 Å². The molecule has 1 aliphatic rings. The minimum atomic E-state index is -0.0610. The van der Waals surface area contributed by atoms with Gasteiger partial charge >= 0.3 is 0 Å². The van der Waals surface area contributed by atoms with Gasteiger partial charge in [-0.05, 0) is 42.3 Å². The molecule has 0 spiro atoms. The van der Waals surface area contributed by atoms with E-state index in [1.54, 1.807) is 17.0 Å². The minimum Gasteiger partial charge on any atom is -0.399 e. The average Bonchev–Trinajstić information content (AvgIpc) is 2.81. The predicted octanol–water partition coefficient (Wildman–Crippen LogP) is 3.13. The Hall–Kier alpha value is -2.00. The Kier molecular flexibility index (Phi) is 2.91. The van der Waals surface area contributed by atoms with E-state index < -0.39 is 0 Å². The van der Waals surface area contributed by atoms with Crippen molar-refractivity contribution >= 4 is 28.9 Å². The number of anilines is 2. The van der Waals surface area contributed by atoms with E-state index >= 15 is 0 Å². The summed E-state index contributed by atoms with van der Waals surface area (Å²) in [5.41, 5.74) is 9.07. The van der Waals surface area contributed by atoms with Crippen molar-refractivity contribution in [1.82, 2.24) is 0 Å². The standard InChI is InChI=1S/C15H13ClN2O/c16-13-4-2-1-3-12(13)15(19)18-8-7-10-9-11(17)5-6-14(10)18/h1-6,9H,7-8,17H2. The van der Waals surface area contributed by atoms with Crippen LogP contribution < -0.4 is 10.6 Å². The van der Waals surface area contributed by atoms with Gasteiger partial charge in [-0.2, -0.15) is 0 Å². The first-order valence-corrected chi connectivity index (χ1v) is 6.49. The topological polar surface area (TPSA) is 46.3 Å². The van der Waals surface area contributed by atoms with Gasteiger partial charge in [-0.3, -0.25) is 4.79 Å². The molecule has 19 heavy (non-hydrogen) atoms. The Balaban J connectivity index is 1.98. The van der Waals surface area contributed by atoms with Gasteiger partial charge in [-0.25, -0.2) is 0 Å². The number of nitrogens with zero attached hydrogens (tertiary/aromatic N) is 1. The molecule has 3 rings (SSSR count). The lowest BCUT2D eigenvalue weighted by Gasteiger charge is -2.18. The monoisotopic (exact) mass is 272 g/mol. The lowest BCUT2D eigenvalue weighted by Crippen LogP contribution is -2.29. The van der Waals surface area contributed by atoms with E-state index in [0.717, 1.165) is 23.4 Å². The molecule has 0 unspecified atom stereocenters. The zero-order chi connectivity index (χ0) is 13.4. The molecule has 0 saturated heterocycles. The predicted molar refractivity (Wildman–Crippen MR) is 77.7 cm³/mol.